The van der Waals surface area contributed by atoms with Crippen LogP contribution in [-0.2, 0) is 21.4 Å². The van der Waals surface area contributed by atoms with E-state index >= 15 is 0 Å². The Bertz CT molecular complexity index is 1090. The van der Waals surface area contributed by atoms with Crippen molar-refractivity contribution in [3.63, 3.8) is 0 Å². The van der Waals surface area contributed by atoms with Crippen LogP contribution in [0, 0.1) is 11.7 Å². The lowest BCUT2D eigenvalue weighted by atomic mass is 9.77. The summed E-state index contributed by atoms with van der Waals surface area (Å²) < 4.78 is 19.5. The lowest BCUT2D eigenvalue weighted by molar-refractivity contribution is -0.137. The van der Waals surface area contributed by atoms with Gasteiger partial charge in [-0.3, -0.25) is 9.78 Å². The van der Waals surface area contributed by atoms with Crippen LogP contribution >= 0.6 is 0 Å². The van der Waals surface area contributed by atoms with Crippen LogP contribution in [-0.4, -0.2) is 42.1 Å². The first-order valence-corrected chi connectivity index (χ1v) is 11.6. The lowest BCUT2D eigenvalue weighted by Crippen LogP contribution is -2.47. The Morgan fingerprint density at radius 3 is 2.75 bits per heavy atom. The minimum Gasteiger partial charge on any atom is -0.379 e. The van der Waals surface area contributed by atoms with Gasteiger partial charge in [0.2, 0.25) is 5.91 Å². The molecule has 2 heterocycles. The number of fused-ring (bicyclic) bond motifs is 1. The van der Waals surface area contributed by atoms with E-state index in [4.69, 9.17) is 4.74 Å². The normalized spacial score (nSPS) is 20.9. The summed E-state index contributed by atoms with van der Waals surface area (Å²) in [5.74, 6) is 0.147. The number of benzene rings is 2. The largest absolute Gasteiger partial charge is 0.379 e. The molecule has 1 aliphatic heterocycles. The van der Waals surface area contributed by atoms with Crippen LogP contribution in [0.4, 0.5) is 4.39 Å². The number of aromatic nitrogens is 1. The van der Waals surface area contributed by atoms with Crippen LogP contribution < -0.4 is 0 Å². The van der Waals surface area contributed by atoms with Gasteiger partial charge >= 0.3 is 0 Å². The number of ether oxygens (including phenoxy) is 1. The Morgan fingerprint density at radius 2 is 1.94 bits per heavy atom. The number of hydrogen-bond acceptors (Lipinski definition) is 3. The van der Waals surface area contributed by atoms with E-state index in [9.17, 15) is 9.18 Å². The van der Waals surface area contributed by atoms with Gasteiger partial charge < -0.3 is 9.64 Å². The molecule has 3 aromatic rings. The Kier molecular flexibility index (Phi) is 5.92. The molecule has 0 bridgehead atoms. The van der Waals surface area contributed by atoms with E-state index in [1.165, 1.54) is 23.1 Å². The van der Waals surface area contributed by atoms with Crippen molar-refractivity contribution in [3.05, 3.63) is 77.9 Å². The number of halogens is 1. The van der Waals surface area contributed by atoms with Crippen LogP contribution in [0.3, 0.4) is 0 Å². The molecule has 32 heavy (non-hydrogen) atoms. The summed E-state index contributed by atoms with van der Waals surface area (Å²) in [5.41, 5.74) is 1.68. The van der Waals surface area contributed by atoms with Crippen LogP contribution in [0.15, 0.2) is 60.9 Å². The van der Waals surface area contributed by atoms with Gasteiger partial charge in [0.05, 0.1) is 18.6 Å². The van der Waals surface area contributed by atoms with Crippen molar-refractivity contribution < 1.29 is 13.9 Å². The summed E-state index contributed by atoms with van der Waals surface area (Å²) in [7, 11) is 0. The van der Waals surface area contributed by atoms with Gasteiger partial charge in [0.15, 0.2) is 0 Å². The second-order valence-corrected chi connectivity index (χ2v) is 9.21. The molecular weight excluding hydrogens is 403 g/mol. The number of amides is 1. The van der Waals surface area contributed by atoms with Crippen LogP contribution in [0.2, 0.25) is 0 Å². The predicted octanol–water partition coefficient (Wildman–Crippen LogP) is 4.90. The SMILES string of the molecule is O=C(N1CCOCC(Cc2cccc3cnccc23)C1)C1(c2ccc(F)cc2)CCCC1. The molecule has 1 saturated heterocycles. The maximum Gasteiger partial charge on any atom is 0.233 e. The predicted molar refractivity (Wildman–Crippen MR) is 123 cm³/mol. The average molecular weight is 433 g/mol. The smallest absolute Gasteiger partial charge is 0.233 e. The molecule has 1 amide bonds. The molecule has 5 heteroatoms. The first-order chi connectivity index (χ1) is 15.7. The first-order valence-electron chi connectivity index (χ1n) is 11.6. The van der Waals surface area contributed by atoms with E-state index in [0.29, 0.717) is 26.3 Å². The second kappa shape index (κ2) is 8.99. The van der Waals surface area contributed by atoms with E-state index in [1.54, 1.807) is 12.1 Å². The van der Waals surface area contributed by atoms with Crippen molar-refractivity contribution in [1.82, 2.24) is 9.88 Å². The number of carbonyl (C=O) groups is 1. The Morgan fingerprint density at radius 1 is 1.12 bits per heavy atom. The van der Waals surface area contributed by atoms with E-state index < -0.39 is 5.41 Å². The highest BCUT2D eigenvalue weighted by molar-refractivity contribution is 5.89. The zero-order valence-electron chi connectivity index (χ0n) is 18.3. The summed E-state index contributed by atoms with van der Waals surface area (Å²) >= 11 is 0. The topological polar surface area (TPSA) is 42.4 Å². The van der Waals surface area contributed by atoms with Crippen LogP contribution in [0.25, 0.3) is 10.8 Å². The molecule has 0 spiro atoms. The molecule has 1 aromatic heterocycles. The standard InChI is InChI=1S/C27H29FN2O2/c28-24-8-6-23(7-9-24)27(11-1-2-12-27)26(31)30-14-15-32-19-20(18-30)16-21-4-3-5-22-17-29-13-10-25(21)22/h3-10,13,17,20H,1-2,11-12,14-16,18-19H2. The molecule has 4 nitrogen and oxygen atoms in total. The highest BCUT2D eigenvalue weighted by Crippen LogP contribution is 2.43. The monoisotopic (exact) mass is 432 g/mol. The van der Waals surface area contributed by atoms with Gasteiger partial charge in [-0.05, 0) is 54.0 Å². The van der Waals surface area contributed by atoms with E-state index in [0.717, 1.165) is 43.1 Å². The fourth-order valence-electron chi connectivity index (χ4n) is 5.54. The van der Waals surface area contributed by atoms with Gasteiger partial charge in [0.25, 0.3) is 0 Å². The zero-order valence-corrected chi connectivity index (χ0v) is 18.3. The van der Waals surface area contributed by atoms with E-state index in [1.807, 2.05) is 17.3 Å². The molecule has 1 unspecified atom stereocenters. The molecule has 2 aromatic carbocycles. The number of pyridine rings is 1. The third-order valence-electron chi connectivity index (χ3n) is 7.17. The summed E-state index contributed by atoms with van der Waals surface area (Å²) in [6, 6.07) is 14.9. The highest BCUT2D eigenvalue weighted by atomic mass is 19.1. The van der Waals surface area contributed by atoms with Gasteiger partial charge in [0.1, 0.15) is 5.82 Å². The Balaban J connectivity index is 1.39. The molecular formula is C27H29FN2O2. The molecule has 2 fully saturated rings. The van der Waals surface area contributed by atoms with Crippen molar-refractivity contribution in [2.24, 2.45) is 5.92 Å². The van der Waals surface area contributed by atoms with Crippen molar-refractivity contribution in [3.8, 4) is 0 Å². The maximum atomic E-state index is 13.9. The third-order valence-corrected chi connectivity index (χ3v) is 7.17. The molecule has 1 atom stereocenters. The molecule has 0 N–H and O–H groups in total. The first kappa shape index (κ1) is 21.1. The van der Waals surface area contributed by atoms with Gasteiger partial charge in [0, 0.05) is 36.8 Å². The van der Waals surface area contributed by atoms with Crippen molar-refractivity contribution in [2.75, 3.05) is 26.3 Å². The molecule has 1 saturated carbocycles. The summed E-state index contributed by atoms with van der Waals surface area (Å²) in [6.45, 7) is 2.50. The molecule has 166 valence electrons. The van der Waals surface area contributed by atoms with Crippen molar-refractivity contribution in [1.29, 1.82) is 0 Å². The summed E-state index contributed by atoms with van der Waals surface area (Å²) in [4.78, 5) is 20.2. The number of carbonyl (C=O) groups excluding carboxylic acids is 1. The fraction of sp³-hybridized carbons (Fsp3) is 0.407. The fourth-order valence-corrected chi connectivity index (χ4v) is 5.54. The number of nitrogens with zero attached hydrogens (tertiary/aromatic N) is 2. The van der Waals surface area contributed by atoms with E-state index in [2.05, 4.69) is 29.2 Å². The Hall–Kier alpha value is -2.79. The average Bonchev–Trinajstić information content (AvgIpc) is 3.21. The van der Waals surface area contributed by atoms with Crippen LogP contribution in [0.1, 0.15) is 36.8 Å². The quantitative estimate of drug-likeness (QED) is 0.589. The lowest BCUT2D eigenvalue weighted by Gasteiger charge is -2.35. The van der Waals surface area contributed by atoms with Crippen LogP contribution in [0.5, 0.6) is 0 Å². The molecule has 5 rings (SSSR count). The highest BCUT2D eigenvalue weighted by Gasteiger charge is 2.45. The third kappa shape index (κ3) is 4.02. The zero-order chi connectivity index (χ0) is 22.0. The summed E-state index contributed by atoms with van der Waals surface area (Å²) in [6.07, 6.45) is 8.30. The minimum atomic E-state index is -0.534. The number of rotatable bonds is 4. The summed E-state index contributed by atoms with van der Waals surface area (Å²) in [5, 5.41) is 2.34. The van der Waals surface area contributed by atoms with Gasteiger partial charge in [-0.1, -0.05) is 43.2 Å². The molecule has 1 aliphatic carbocycles. The maximum absolute atomic E-state index is 13.9. The molecule has 2 aliphatic rings. The van der Waals surface area contributed by atoms with Gasteiger partial charge in [-0.25, -0.2) is 4.39 Å². The van der Waals surface area contributed by atoms with Crippen molar-refractivity contribution in [2.45, 2.75) is 37.5 Å². The van der Waals surface area contributed by atoms with Crippen molar-refractivity contribution >= 4 is 16.7 Å². The Labute approximate surface area is 188 Å². The minimum absolute atomic E-state index is 0.180. The molecule has 0 radical (unpaired) electrons. The van der Waals surface area contributed by atoms with E-state index in [-0.39, 0.29) is 17.6 Å². The number of hydrogen-bond donors (Lipinski definition) is 0. The second-order valence-electron chi connectivity index (χ2n) is 9.21. The van der Waals surface area contributed by atoms with Gasteiger partial charge in [-0.15, -0.1) is 0 Å². The van der Waals surface area contributed by atoms with Gasteiger partial charge in [-0.2, -0.15) is 0 Å².